The normalized spacial score (nSPS) is 16.4. The molecule has 1 amide bonds. The van der Waals surface area contributed by atoms with Gasteiger partial charge in [0.15, 0.2) is 0 Å². The van der Waals surface area contributed by atoms with Crippen LogP contribution in [-0.2, 0) is 17.8 Å². The van der Waals surface area contributed by atoms with Crippen molar-refractivity contribution in [1.82, 2.24) is 19.7 Å². The highest BCUT2D eigenvalue weighted by Crippen LogP contribution is 2.26. The van der Waals surface area contributed by atoms with Crippen molar-refractivity contribution in [1.29, 1.82) is 0 Å². The number of rotatable bonds is 6. The van der Waals surface area contributed by atoms with Crippen molar-refractivity contribution < 1.29 is 4.79 Å². The summed E-state index contributed by atoms with van der Waals surface area (Å²) in [7, 11) is 0. The first-order valence-corrected chi connectivity index (χ1v) is 8.62. The Morgan fingerprint density at radius 2 is 1.88 bits per heavy atom. The van der Waals surface area contributed by atoms with Gasteiger partial charge in [-0.1, -0.05) is 31.2 Å². The number of carbonyl (C=O) groups is 1. The van der Waals surface area contributed by atoms with Crippen LogP contribution in [0.4, 0.5) is 0 Å². The highest BCUT2D eigenvalue weighted by Gasteiger charge is 2.25. The standard InChI is InChI=1S/C18H25N5O/c1-2-14-3-5-15(6-4-14)11-23-18(20-13-21-23)16-7-9-22(10-8-16)12-17(19)24/h3-6,13,16H,2,7-12H2,1H3,(H2,19,24). The molecule has 0 radical (unpaired) electrons. The fourth-order valence-electron chi connectivity index (χ4n) is 3.33. The van der Waals surface area contributed by atoms with Gasteiger partial charge in [0.2, 0.25) is 5.91 Å². The third-order valence-electron chi connectivity index (χ3n) is 4.74. The third-order valence-corrected chi connectivity index (χ3v) is 4.74. The van der Waals surface area contributed by atoms with Crippen molar-refractivity contribution in [3.63, 3.8) is 0 Å². The molecule has 1 saturated heterocycles. The summed E-state index contributed by atoms with van der Waals surface area (Å²) < 4.78 is 2.01. The van der Waals surface area contributed by atoms with Crippen LogP contribution in [0.25, 0.3) is 0 Å². The summed E-state index contributed by atoms with van der Waals surface area (Å²) in [6.07, 6.45) is 4.67. The summed E-state index contributed by atoms with van der Waals surface area (Å²) >= 11 is 0. The second-order valence-electron chi connectivity index (χ2n) is 6.46. The number of nitrogens with zero attached hydrogens (tertiary/aromatic N) is 4. The molecule has 3 rings (SSSR count). The molecule has 0 aliphatic carbocycles. The van der Waals surface area contributed by atoms with Gasteiger partial charge in [-0.3, -0.25) is 9.69 Å². The summed E-state index contributed by atoms with van der Waals surface area (Å²) in [6, 6.07) is 8.68. The molecule has 0 bridgehead atoms. The zero-order valence-corrected chi connectivity index (χ0v) is 14.2. The molecule has 2 aromatic rings. The summed E-state index contributed by atoms with van der Waals surface area (Å²) in [6.45, 7) is 5.02. The highest BCUT2D eigenvalue weighted by atomic mass is 16.1. The molecule has 0 saturated carbocycles. The number of primary amides is 1. The van der Waals surface area contributed by atoms with E-state index in [2.05, 4.69) is 46.2 Å². The minimum absolute atomic E-state index is 0.257. The molecule has 128 valence electrons. The lowest BCUT2D eigenvalue weighted by atomic mass is 9.96. The van der Waals surface area contributed by atoms with Crippen LogP contribution < -0.4 is 5.73 Å². The maximum Gasteiger partial charge on any atom is 0.231 e. The lowest BCUT2D eigenvalue weighted by molar-refractivity contribution is -0.119. The van der Waals surface area contributed by atoms with E-state index in [9.17, 15) is 4.79 Å². The van der Waals surface area contributed by atoms with E-state index in [1.54, 1.807) is 6.33 Å². The van der Waals surface area contributed by atoms with Crippen LogP contribution in [0.15, 0.2) is 30.6 Å². The zero-order chi connectivity index (χ0) is 16.9. The van der Waals surface area contributed by atoms with E-state index >= 15 is 0 Å². The molecule has 0 atom stereocenters. The van der Waals surface area contributed by atoms with E-state index in [1.165, 1.54) is 11.1 Å². The number of aryl methyl sites for hydroxylation is 1. The topological polar surface area (TPSA) is 77.0 Å². The van der Waals surface area contributed by atoms with Crippen LogP contribution in [0.5, 0.6) is 0 Å². The maximum absolute atomic E-state index is 11.0. The van der Waals surface area contributed by atoms with Crippen molar-refractivity contribution in [2.75, 3.05) is 19.6 Å². The molecule has 24 heavy (non-hydrogen) atoms. The maximum atomic E-state index is 11.0. The van der Waals surface area contributed by atoms with Gasteiger partial charge in [0, 0.05) is 5.92 Å². The van der Waals surface area contributed by atoms with Gasteiger partial charge in [-0.25, -0.2) is 9.67 Å². The SMILES string of the molecule is CCc1ccc(Cn2ncnc2C2CCN(CC(N)=O)CC2)cc1. The van der Waals surface area contributed by atoms with Gasteiger partial charge in [-0.05, 0) is 43.5 Å². The number of nitrogens with two attached hydrogens (primary N) is 1. The Bertz CT molecular complexity index is 671. The molecular formula is C18H25N5O. The number of piperidine rings is 1. The summed E-state index contributed by atoms with van der Waals surface area (Å²) in [5.74, 6) is 1.19. The number of benzene rings is 1. The van der Waals surface area contributed by atoms with E-state index in [-0.39, 0.29) is 5.91 Å². The smallest absolute Gasteiger partial charge is 0.231 e. The Balaban J connectivity index is 1.64. The van der Waals surface area contributed by atoms with Crippen molar-refractivity contribution in [3.8, 4) is 0 Å². The minimum atomic E-state index is -0.257. The van der Waals surface area contributed by atoms with Gasteiger partial charge in [0.05, 0.1) is 13.1 Å². The molecule has 0 spiro atoms. The van der Waals surface area contributed by atoms with Crippen molar-refractivity contribution >= 4 is 5.91 Å². The molecule has 2 N–H and O–H groups in total. The Morgan fingerprint density at radius 3 is 2.50 bits per heavy atom. The van der Waals surface area contributed by atoms with Crippen LogP contribution in [0, 0.1) is 0 Å². The minimum Gasteiger partial charge on any atom is -0.369 e. The second-order valence-corrected chi connectivity index (χ2v) is 6.46. The summed E-state index contributed by atoms with van der Waals surface area (Å²) in [4.78, 5) is 17.6. The molecule has 1 aliphatic heterocycles. The summed E-state index contributed by atoms with van der Waals surface area (Å²) in [5, 5.41) is 4.41. The number of likely N-dealkylation sites (tertiary alicyclic amines) is 1. The van der Waals surface area contributed by atoms with E-state index in [0.29, 0.717) is 12.5 Å². The summed E-state index contributed by atoms with van der Waals surface area (Å²) in [5.41, 5.74) is 7.86. The van der Waals surface area contributed by atoms with Gasteiger partial charge in [-0.15, -0.1) is 0 Å². The quantitative estimate of drug-likeness (QED) is 0.873. The first kappa shape index (κ1) is 16.6. The number of hydrogen-bond donors (Lipinski definition) is 1. The fraction of sp³-hybridized carbons (Fsp3) is 0.500. The first-order valence-electron chi connectivity index (χ1n) is 8.62. The molecule has 2 heterocycles. The lowest BCUT2D eigenvalue weighted by Gasteiger charge is -2.30. The van der Waals surface area contributed by atoms with Gasteiger partial charge in [0.25, 0.3) is 0 Å². The third kappa shape index (κ3) is 4.00. The number of carbonyl (C=O) groups excluding carboxylic acids is 1. The molecule has 1 aromatic heterocycles. The van der Waals surface area contributed by atoms with Gasteiger partial charge < -0.3 is 5.73 Å². The Hall–Kier alpha value is -2.21. The molecule has 1 aliphatic rings. The van der Waals surface area contributed by atoms with Crippen molar-refractivity contribution in [2.24, 2.45) is 5.73 Å². The Labute approximate surface area is 142 Å². The predicted molar refractivity (Wildman–Crippen MR) is 92.6 cm³/mol. The van der Waals surface area contributed by atoms with Crippen LogP contribution >= 0.6 is 0 Å². The van der Waals surface area contributed by atoms with Crippen LogP contribution in [-0.4, -0.2) is 45.2 Å². The van der Waals surface area contributed by atoms with E-state index in [0.717, 1.165) is 44.7 Å². The Morgan fingerprint density at radius 1 is 1.21 bits per heavy atom. The molecule has 1 aromatic carbocycles. The molecular weight excluding hydrogens is 302 g/mol. The molecule has 1 fully saturated rings. The fourth-order valence-corrected chi connectivity index (χ4v) is 3.33. The van der Waals surface area contributed by atoms with Gasteiger partial charge >= 0.3 is 0 Å². The van der Waals surface area contributed by atoms with Crippen molar-refractivity contribution in [2.45, 2.75) is 38.6 Å². The van der Waals surface area contributed by atoms with E-state index in [4.69, 9.17) is 5.73 Å². The van der Waals surface area contributed by atoms with Gasteiger partial charge in [0.1, 0.15) is 12.2 Å². The number of amides is 1. The average molecular weight is 327 g/mol. The van der Waals surface area contributed by atoms with Crippen LogP contribution in [0.3, 0.4) is 0 Å². The van der Waals surface area contributed by atoms with Crippen molar-refractivity contribution in [3.05, 3.63) is 47.5 Å². The van der Waals surface area contributed by atoms with Crippen LogP contribution in [0.2, 0.25) is 0 Å². The molecule has 6 heteroatoms. The Kier molecular flexibility index (Phi) is 5.25. The van der Waals surface area contributed by atoms with Gasteiger partial charge in [-0.2, -0.15) is 5.10 Å². The average Bonchev–Trinajstić information content (AvgIpc) is 3.04. The largest absolute Gasteiger partial charge is 0.369 e. The van der Waals surface area contributed by atoms with E-state index in [1.807, 2.05) is 4.68 Å². The lowest BCUT2D eigenvalue weighted by Crippen LogP contribution is -2.39. The molecule has 6 nitrogen and oxygen atoms in total. The highest BCUT2D eigenvalue weighted by molar-refractivity contribution is 5.75. The first-order chi connectivity index (χ1) is 11.7. The number of hydrogen-bond acceptors (Lipinski definition) is 4. The molecule has 0 unspecified atom stereocenters. The van der Waals surface area contributed by atoms with E-state index < -0.39 is 0 Å². The monoisotopic (exact) mass is 327 g/mol. The second kappa shape index (κ2) is 7.57. The number of aromatic nitrogens is 3. The van der Waals surface area contributed by atoms with Crippen LogP contribution in [0.1, 0.15) is 42.6 Å². The predicted octanol–water partition coefficient (Wildman–Crippen LogP) is 1.55. The zero-order valence-electron chi connectivity index (χ0n) is 14.2.